The summed E-state index contributed by atoms with van der Waals surface area (Å²) < 4.78 is 2.95. The van der Waals surface area contributed by atoms with Gasteiger partial charge in [0.15, 0.2) is 0 Å². The van der Waals surface area contributed by atoms with Crippen molar-refractivity contribution in [1.82, 2.24) is 4.57 Å². The summed E-state index contributed by atoms with van der Waals surface area (Å²) in [4.78, 5) is 2.89. The summed E-state index contributed by atoms with van der Waals surface area (Å²) in [7, 11) is 0. The second-order valence-corrected chi connectivity index (χ2v) is 19.1. The van der Waals surface area contributed by atoms with Crippen LogP contribution in [-0.2, 0) is 25.7 Å². The van der Waals surface area contributed by atoms with E-state index in [0.717, 1.165) is 23.7 Å². The molecule has 1 aliphatic heterocycles. The molecule has 2 aromatic carbocycles. The summed E-state index contributed by atoms with van der Waals surface area (Å²) >= 11 is 0. The van der Waals surface area contributed by atoms with Crippen LogP contribution < -0.4 is 4.90 Å². The lowest BCUT2D eigenvalue weighted by Crippen LogP contribution is -2.41. The standard InChI is InChI=1S/C54H62N2/c1-3-12-37(13-4-1)39-22-28-45(29-23-39)55-51-20-9-7-18-47(51)49-35-43(26-32-53(49)55)44-27-33-54-50(36-44)48-19-8-10-21-52(48)56(54)46-30-24-40(25-31-46)42-17-11-16-41(34-42)38-14-5-2-6-15-38/h1-6,9,11-14,16-17,20,22-24,28-30,38,40,42-44,46-47,49,51,53H,7-8,10,15,18-19,21,25-27,31-36H2. The van der Waals surface area contributed by atoms with Crippen molar-refractivity contribution in [1.29, 1.82) is 0 Å². The predicted octanol–water partition coefficient (Wildman–Crippen LogP) is 12.9. The Bertz CT molecular complexity index is 2080. The van der Waals surface area contributed by atoms with Crippen LogP contribution in [0.1, 0.15) is 106 Å². The Morgan fingerprint density at radius 3 is 2.30 bits per heavy atom. The van der Waals surface area contributed by atoms with Gasteiger partial charge in [0.2, 0.25) is 0 Å². The maximum atomic E-state index is 2.95. The number of benzene rings is 2. The molecule has 10 atom stereocenters. The smallest absolute Gasteiger partial charge is 0.0516 e. The average Bonchev–Trinajstić information content (AvgIpc) is 3.79. The molecular weight excluding hydrogens is 677 g/mol. The van der Waals surface area contributed by atoms with Crippen molar-refractivity contribution in [2.45, 2.75) is 121 Å². The van der Waals surface area contributed by atoms with Crippen LogP contribution in [0.2, 0.25) is 0 Å². The van der Waals surface area contributed by atoms with Crippen LogP contribution in [0.4, 0.5) is 5.69 Å². The lowest BCUT2D eigenvalue weighted by molar-refractivity contribution is 0.147. The number of hydrogen-bond acceptors (Lipinski definition) is 1. The van der Waals surface area contributed by atoms with Gasteiger partial charge in [-0.1, -0.05) is 115 Å². The highest BCUT2D eigenvalue weighted by Gasteiger charge is 2.51. The molecule has 3 aromatic rings. The number of aromatic nitrogens is 1. The number of nitrogens with zero attached hydrogens (tertiary/aromatic N) is 2. The van der Waals surface area contributed by atoms with Gasteiger partial charge in [-0.3, -0.25) is 0 Å². The Morgan fingerprint density at radius 1 is 0.571 bits per heavy atom. The first-order chi connectivity index (χ1) is 27.8. The molecule has 7 aliphatic carbocycles. The van der Waals surface area contributed by atoms with Crippen LogP contribution in [0.3, 0.4) is 0 Å². The van der Waals surface area contributed by atoms with Crippen molar-refractivity contribution in [2.24, 2.45) is 41.4 Å². The first-order valence-electron chi connectivity index (χ1n) is 23.0. The SMILES string of the molecule is C1=CCC(C2=CC=CC(C3C=CC(n4c5c(c6c4CCC(C4CCC7C(C4)C4CCC=CC4N7c4ccc(-c7ccccc7)cc4)C6)CCCC5)CC3)C2)C=C1. The van der Waals surface area contributed by atoms with Crippen LogP contribution in [-0.4, -0.2) is 16.7 Å². The highest BCUT2D eigenvalue weighted by atomic mass is 15.2. The molecule has 2 nitrogen and oxygen atoms in total. The van der Waals surface area contributed by atoms with Gasteiger partial charge in [0.05, 0.1) is 12.1 Å². The van der Waals surface area contributed by atoms with Crippen molar-refractivity contribution >= 4 is 5.69 Å². The fraction of sp³-hybridized carbons (Fsp3) is 0.481. The van der Waals surface area contributed by atoms with Gasteiger partial charge >= 0.3 is 0 Å². The number of anilines is 1. The van der Waals surface area contributed by atoms with Gasteiger partial charge in [0.1, 0.15) is 0 Å². The van der Waals surface area contributed by atoms with Crippen LogP contribution in [0.25, 0.3) is 11.1 Å². The van der Waals surface area contributed by atoms with Gasteiger partial charge in [-0.15, -0.1) is 0 Å². The molecule has 10 unspecified atom stereocenters. The molecule has 1 aromatic heterocycles. The second-order valence-electron chi connectivity index (χ2n) is 19.1. The molecule has 2 fully saturated rings. The Kier molecular flexibility index (Phi) is 9.44. The zero-order valence-corrected chi connectivity index (χ0v) is 33.5. The van der Waals surface area contributed by atoms with Crippen molar-refractivity contribution in [2.75, 3.05) is 4.90 Å². The van der Waals surface area contributed by atoms with E-state index in [0.29, 0.717) is 35.9 Å². The molecule has 8 aliphatic rings. The normalized spacial score (nSPS) is 34.4. The minimum Gasteiger partial charge on any atom is -0.362 e. The molecule has 288 valence electrons. The van der Waals surface area contributed by atoms with Crippen molar-refractivity contribution < 1.29 is 0 Å². The van der Waals surface area contributed by atoms with Gasteiger partial charge in [0.25, 0.3) is 0 Å². The third kappa shape index (κ3) is 6.29. The van der Waals surface area contributed by atoms with Crippen LogP contribution in [0.15, 0.2) is 127 Å². The summed E-state index contributed by atoms with van der Waals surface area (Å²) in [6, 6.07) is 22.3. The third-order valence-corrected chi connectivity index (χ3v) is 16.3. The molecule has 11 rings (SSSR count). The minimum atomic E-state index is 0.561. The van der Waals surface area contributed by atoms with E-state index in [9.17, 15) is 0 Å². The summed E-state index contributed by atoms with van der Waals surface area (Å²) in [6.07, 6.45) is 48.3. The van der Waals surface area contributed by atoms with Crippen molar-refractivity contribution in [3.05, 3.63) is 150 Å². The lowest BCUT2D eigenvalue weighted by Gasteiger charge is -2.42. The molecular formula is C54H62N2. The quantitative estimate of drug-likeness (QED) is 0.229. The van der Waals surface area contributed by atoms with E-state index in [1.165, 1.54) is 120 Å². The maximum absolute atomic E-state index is 2.95. The predicted molar refractivity (Wildman–Crippen MR) is 234 cm³/mol. The Balaban J connectivity index is 0.798. The number of allylic oxidation sites excluding steroid dienone is 11. The zero-order valence-electron chi connectivity index (χ0n) is 33.5. The Hall–Kier alpha value is -4.04. The van der Waals surface area contributed by atoms with E-state index in [4.69, 9.17) is 0 Å². The molecule has 0 amide bonds. The molecule has 1 saturated carbocycles. The Labute approximate surface area is 336 Å². The molecule has 56 heavy (non-hydrogen) atoms. The van der Waals surface area contributed by atoms with Gasteiger partial charge in [-0.25, -0.2) is 0 Å². The van der Waals surface area contributed by atoms with E-state index in [1.807, 2.05) is 11.1 Å². The topological polar surface area (TPSA) is 8.17 Å². The zero-order chi connectivity index (χ0) is 37.0. The number of hydrogen-bond donors (Lipinski definition) is 0. The fourth-order valence-corrected chi connectivity index (χ4v) is 13.6. The molecule has 2 heterocycles. The van der Waals surface area contributed by atoms with E-state index < -0.39 is 0 Å². The average molecular weight is 739 g/mol. The van der Waals surface area contributed by atoms with Crippen LogP contribution in [0, 0.1) is 41.4 Å². The Morgan fingerprint density at radius 2 is 1.45 bits per heavy atom. The second kappa shape index (κ2) is 15.0. The fourth-order valence-electron chi connectivity index (χ4n) is 13.6. The largest absolute Gasteiger partial charge is 0.362 e. The van der Waals surface area contributed by atoms with Gasteiger partial charge in [-0.05, 0) is 173 Å². The van der Waals surface area contributed by atoms with Crippen molar-refractivity contribution in [3.8, 4) is 11.1 Å². The molecule has 0 bridgehead atoms. The summed E-state index contributed by atoms with van der Waals surface area (Å²) in [5, 5.41) is 0. The van der Waals surface area contributed by atoms with Gasteiger partial charge < -0.3 is 9.47 Å². The van der Waals surface area contributed by atoms with E-state index >= 15 is 0 Å². The summed E-state index contributed by atoms with van der Waals surface area (Å²) in [5.74, 6) is 5.32. The van der Waals surface area contributed by atoms with E-state index in [1.54, 1.807) is 17.0 Å². The first kappa shape index (κ1) is 35.1. The lowest BCUT2D eigenvalue weighted by atomic mass is 9.65. The van der Waals surface area contributed by atoms with Crippen LogP contribution in [0.5, 0.6) is 0 Å². The third-order valence-electron chi connectivity index (χ3n) is 16.3. The maximum Gasteiger partial charge on any atom is 0.0516 e. The van der Waals surface area contributed by atoms with E-state index in [-0.39, 0.29) is 0 Å². The van der Waals surface area contributed by atoms with Crippen molar-refractivity contribution in [3.63, 3.8) is 0 Å². The molecule has 0 N–H and O–H groups in total. The minimum absolute atomic E-state index is 0.561. The van der Waals surface area contributed by atoms with Gasteiger partial charge in [0, 0.05) is 29.0 Å². The van der Waals surface area contributed by atoms with Crippen LogP contribution >= 0.6 is 0 Å². The molecule has 2 heteroatoms. The van der Waals surface area contributed by atoms with E-state index in [2.05, 4.69) is 131 Å². The van der Waals surface area contributed by atoms with Gasteiger partial charge in [-0.2, -0.15) is 0 Å². The molecule has 0 radical (unpaired) electrons. The highest BCUT2D eigenvalue weighted by molar-refractivity contribution is 5.67. The monoisotopic (exact) mass is 738 g/mol. The number of rotatable bonds is 6. The molecule has 1 saturated heterocycles. The molecule has 0 spiro atoms. The number of fused-ring (bicyclic) bond motifs is 6. The first-order valence-corrected chi connectivity index (χ1v) is 23.0. The summed E-state index contributed by atoms with van der Waals surface area (Å²) in [5.41, 5.74) is 12.9. The summed E-state index contributed by atoms with van der Waals surface area (Å²) in [6.45, 7) is 0. The highest BCUT2D eigenvalue weighted by Crippen LogP contribution is 2.53.